The van der Waals surface area contributed by atoms with Gasteiger partial charge >= 0.3 is 6.01 Å². The monoisotopic (exact) mass is 772 g/mol. The van der Waals surface area contributed by atoms with Crippen LogP contribution in [0, 0.1) is 6.85 Å². The molecule has 0 saturated heterocycles. The van der Waals surface area contributed by atoms with E-state index in [0.29, 0.717) is 45.2 Å². The van der Waals surface area contributed by atoms with E-state index in [1.807, 2.05) is 73.9 Å². The van der Waals surface area contributed by atoms with E-state index in [2.05, 4.69) is 31.8 Å². The molecule has 0 unspecified atom stereocenters. The van der Waals surface area contributed by atoms with E-state index in [0.717, 1.165) is 21.9 Å². The van der Waals surface area contributed by atoms with Crippen molar-refractivity contribution in [3.63, 3.8) is 0 Å². The summed E-state index contributed by atoms with van der Waals surface area (Å²) < 4.78 is 99.3. The van der Waals surface area contributed by atoms with Gasteiger partial charge in [0.05, 0.1) is 22.1 Å². The second kappa shape index (κ2) is 13.5. The molecule has 0 aliphatic carbocycles. The van der Waals surface area contributed by atoms with Crippen molar-refractivity contribution in [2.45, 2.75) is 65.1 Å². The van der Waals surface area contributed by atoms with E-state index >= 15 is 8.78 Å². The fourth-order valence-corrected chi connectivity index (χ4v) is 7.59. The molecule has 0 amide bonds. The quantitative estimate of drug-likeness (QED) is 0.158. The highest BCUT2D eigenvalue weighted by Crippen LogP contribution is 2.45. The fraction of sp³-hybridized carbons (Fsp3) is 0.196. The number of para-hydroxylation sites is 3. The number of benzene rings is 5. The SMILES string of the molecule is [2H]c1c([2H])c(C([2H])([2H])[2H])c([2H])c([2H])c1-c1ccccc1[N+]1=C=[N+](c2cc(C(C)(C)C)cc(C(F)(F)c3ccc4c5cnccc5n(-c5cc(C(C)(C)C)ccn5)c4c3)c2)c2ccccc21. The summed E-state index contributed by atoms with van der Waals surface area (Å²) in [6.07, 6.45) is 5.18. The maximum Gasteiger partial charge on any atom is 0.503 e. The molecule has 7 heteroatoms. The van der Waals surface area contributed by atoms with Crippen LogP contribution in [0.5, 0.6) is 0 Å². The van der Waals surface area contributed by atoms with E-state index in [1.54, 1.807) is 70.2 Å². The molecule has 0 atom stereocenters. The van der Waals surface area contributed by atoms with Gasteiger partial charge < -0.3 is 0 Å². The standard InChI is InChI=1S/C51H45F2N5/c1-33-16-18-34(19-17-33)40-12-8-9-13-43(40)57-32-56(45-14-10-11-15-46(45)57)39-27-37(50(5,6)7)26-38(28-39)51(52,53)36-20-21-41-42-31-54-24-23-44(42)58(47(41)29-36)48-30-35(22-25-55-48)49(2,3)4/h8-31H,1-7H3/q+2/i1D3,16D,17D,18D,19D. The van der Waals surface area contributed by atoms with Crippen LogP contribution in [0.3, 0.4) is 0 Å². The summed E-state index contributed by atoms with van der Waals surface area (Å²) in [5.74, 6) is -2.88. The topological polar surface area (TPSA) is 36.7 Å². The van der Waals surface area contributed by atoms with Crippen LogP contribution >= 0.6 is 0 Å². The molecule has 5 aromatic carbocycles. The van der Waals surface area contributed by atoms with Gasteiger partial charge in [-0.15, -0.1) is 0 Å². The molecule has 8 aromatic rings. The van der Waals surface area contributed by atoms with Crippen molar-refractivity contribution in [3.05, 3.63) is 174 Å². The number of rotatable bonds is 6. The lowest BCUT2D eigenvalue weighted by atomic mass is 9.84. The Hall–Kier alpha value is -6.56. The van der Waals surface area contributed by atoms with E-state index in [9.17, 15) is 0 Å². The van der Waals surface area contributed by atoms with E-state index < -0.39 is 47.9 Å². The molecular weight excluding hydrogens is 721 g/mol. The Morgan fingerprint density at radius 1 is 0.638 bits per heavy atom. The van der Waals surface area contributed by atoms with Crippen LogP contribution < -0.4 is 9.15 Å². The zero-order chi connectivity index (χ0) is 46.5. The molecule has 9 rings (SSSR count). The van der Waals surface area contributed by atoms with Gasteiger partial charge in [0.2, 0.25) is 11.4 Å². The molecule has 3 aromatic heterocycles. The Morgan fingerprint density at radius 2 is 1.33 bits per heavy atom. The minimum Gasteiger partial charge on any atom is -0.294 e. The van der Waals surface area contributed by atoms with Crippen molar-refractivity contribution in [2.75, 3.05) is 0 Å². The second-order valence-electron chi connectivity index (χ2n) is 16.7. The molecule has 0 bridgehead atoms. The molecule has 0 fully saturated rings. The van der Waals surface area contributed by atoms with Crippen LogP contribution in [0.15, 0.2) is 146 Å². The van der Waals surface area contributed by atoms with E-state index in [4.69, 9.17) is 14.6 Å². The zero-order valence-corrected chi connectivity index (χ0v) is 33.0. The molecule has 286 valence electrons. The third kappa shape index (κ3) is 6.32. The minimum atomic E-state index is -3.49. The lowest BCUT2D eigenvalue weighted by Gasteiger charge is -2.23. The predicted octanol–water partition coefficient (Wildman–Crippen LogP) is 13.1. The Labute approximate surface area is 347 Å². The first-order valence-corrected chi connectivity index (χ1v) is 19.1. The zero-order valence-electron chi connectivity index (χ0n) is 40.0. The van der Waals surface area contributed by atoms with Crippen LogP contribution in [0.25, 0.3) is 38.8 Å². The van der Waals surface area contributed by atoms with Crippen molar-refractivity contribution < 1.29 is 18.4 Å². The fourth-order valence-electron chi connectivity index (χ4n) is 7.59. The summed E-state index contributed by atoms with van der Waals surface area (Å²) in [5.41, 5.74) is 3.51. The Balaban J connectivity index is 1.24. The van der Waals surface area contributed by atoms with Gasteiger partial charge in [-0.3, -0.25) is 9.55 Å². The highest BCUT2D eigenvalue weighted by molar-refractivity contribution is 6.09. The van der Waals surface area contributed by atoms with Crippen molar-refractivity contribution in [1.82, 2.24) is 23.7 Å². The van der Waals surface area contributed by atoms with Crippen molar-refractivity contribution in [3.8, 4) is 16.9 Å². The summed E-state index contributed by atoms with van der Waals surface area (Å²) in [4.78, 5) is 9.09. The van der Waals surface area contributed by atoms with Gasteiger partial charge in [-0.2, -0.15) is 8.78 Å². The number of pyridine rings is 2. The normalized spacial score (nSPS) is 15.1. The smallest absolute Gasteiger partial charge is 0.294 e. The molecule has 1 aliphatic heterocycles. The Kier molecular flexibility index (Phi) is 6.92. The van der Waals surface area contributed by atoms with E-state index in [1.165, 1.54) is 12.1 Å². The van der Waals surface area contributed by atoms with Gasteiger partial charge in [0.15, 0.2) is 0 Å². The second-order valence-corrected chi connectivity index (χ2v) is 16.7. The van der Waals surface area contributed by atoms with Gasteiger partial charge in [0, 0.05) is 74.9 Å². The first-order valence-electron chi connectivity index (χ1n) is 22.6. The van der Waals surface area contributed by atoms with Gasteiger partial charge in [0.1, 0.15) is 5.82 Å². The molecule has 0 radical (unpaired) electrons. The number of fused-ring (bicyclic) bond motifs is 4. The number of nitrogens with zero attached hydrogens (tertiary/aromatic N) is 5. The number of hydrogen-bond donors (Lipinski definition) is 0. The van der Waals surface area contributed by atoms with Gasteiger partial charge in [-0.05, 0) is 79.9 Å². The molecule has 0 spiro atoms. The van der Waals surface area contributed by atoms with Crippen LogP contribution in [0.1, 0.15) is 79.0 Å². The van der Waals surface area contributed by atoms with Crippen LogP contribution in [0.2, 0.25) is 0 Å². The Bertz CT molecular complexity index is 3320. The maximum absolute atomic E-state index is 17.6. The first-order chi connectivity index (χ1) is 30.6. The number of alkyl halides is 2. The lowest BCUT2D eigenvalue weighted by molar-refractivity contribution is 0.0428. The predicted molar refractivity (Wildman–Crippen MR) is 234 cm³/mol. The summed E-state index contributed by atoms with van der Waals surface area (Å²) in [7, 11) is 0. The maximum atomic E-state index is 17.6. The minimum absolute atomic E-state index is 0.0806. The number of halogens is 2. The molecule has 1 aliphatic rings. The van der Waals surface area contributed by atoms with Crippen molar-refractivity contribution >= 4 is 50.6 Å². The van der Waals surface area contributed by atoms with Crippen LogP contribution in [0.4, 0.5) is 31.5 Å². The summed E-state index contributed by atoms with van der Waals surface area (Å²) in [5, 5.41) is 1.58. The summed E-state index contributed by atoms with van der Waals surface area (Å²) >= 11 is 0. The summed E-state index contributed by atoms with van der Waals surface area (Å²) in [6.45, 7) is 9.37. The molecule has 58 heavy (non-hydrogen) atoms. The van der Waals surface area contributed by atoms with Gasteiger partial charge in [-0.25, -0.2) is 4.98 Å². The number of hydrogen-bond acceptors (Lipinski definition) is 2. The Morgan fingerprint density at radius 3 is 2.05 bits per heavy atom. The first kappa shape index (κ1) is 29.6. The lowest BCUT2D eigenvalue weighted by Crippen LogP contribution is -2.19. The van der Waals surface area contributed by atoms with Crippen LogP contribution in [-0.4, -0.2) is 20.5 Å². The number of aromatic nitrogens is 3. The van der Waals surface area contributed by atoms with Crippen molar-refractivity contribution in [2.24, 2.45) is 0 Å². The average molecular weight is 773 g/mol. The largest absolute Gasteiger partial charge is 0.503 e. The third-order valence-electron chi connectivity index (χ3n) is 10.8. The molecule has 0 saturated carbocycles. The highest BCUT2D eigenvalue weighted by atomic mass is 19.3. The molecule has 4 heterocycles. The van der Waals surface area contributed by atoms with Crippen LogP contribution in [-0.2, 0) is 16.8 Å². The molecule has 5 nitrogen and oxygen atoms in total. The summed E-state index contributed by atoms with van der Waals surface area (Å²) in [6, 6.07) is 30.7. The third-order valence-corrected chi connectivity index (χ3v) is 10.8. The highest BCUT2D eigenvalue weighted by Gasteiger charge is 2.41. The average Bonchev–Trinajstić information content (AvgIpc) is 3.81. The van der Waals surface area contributed by atoms with Crippen molar-refractivity contribution in [1.29, 1.82) is 0 Å². The van der Waals surface area contributed by atoms with Gasteiger partial charge in [0.25, 0.3) is 17.3 Å². The molecule has 0 N–H and O–H groups in total. The van der Waals surface area contributed by atoms with E-state index in [-0.39, 0.29) is 22.1 Å². The van der Waals surface area contributed by atoms with Gasteiger partial charge in [-0.1, -0.05) is 108 Å². The molecular formula is C51H45F2N5+2.